The third-order valence-corrected chi connectivity index (χ3v) is 5.25. The van der Waals surface area contributed by atoms with Crippen LogP contribution in [0.4, 0.5) is 11.4 Å². The van der Waals surface area contributed by atoms with Crippen molar-refractivity contribution in [3.05, 3.63) is 107 Å². The molecule has 0 aliphatic heterocycles. The third kappa shape index (κ3) is 3.96. The number of nitrogen functional groups attached to an aromatic ring is 1. The molecule has 30 heavy (non-hydrogen) atoms. The molecule has 3 N–H and O–H groups in total. The van der Waals surface area contributed by atoms with Gasteiger partial charge in [0, 0.05) is 23.2 Å². The monoisotopic (exact) mass is 396 g/mol. The maximum atomic E-state index is 12.5. The SMILES string of the molecule is Cc1nn(-c2ccccc2)c(C)c1Cc1ccc(C(=O)Nc2ccccc2N)cc1. The van der Waals surface area contributed by atoms with Gasteiger partial charge in [0.05, 0.1) is 22.8 Å². The summed E-state index contributed by atoms with van der Waals surface area (Å²) in [6, 6.07) is 25.0. The van der Waals surface area contributed by atoms with E-state index in [2.05, 4.69) is 24.4 Å². The Kier molecular flexibility index (Phi) is 5.35. The Hall–Kier alpha value is -3.86. The molecule has 0 radical (unpaired) electrons. The number of hydrogen-bond donors (Lipinski definition) is 2. The molecule has 150 valence electrons. The summed E-state index contributed by atoms with van der Waals surface area (Å²) < 4.78 is 1.98. The smallest absolute Gasteiger partial charge is 0.255 e. The molecule has 0 aliphatic rings. The summed E-state index contributed by atoms with van der Waals surface area (Å²) in [4.78, 5) is 12.5. The highest BCUT2D eigenvalue weighted by atomic mass is 16.1. The van der Waals surface area contributed by atoms with E-state index in [9.17, 15) is 4.79 Å². The van der Waals surface area contributed by atoms with Crippen molar-refractivity contribution in [2.24, 2.45) is 0 Å². The van der Waals surface area contributed by atoms with Crippen LogP contribution in [0.1, 0.15) is 32.9 Å². The Morgan fingerprint density at radius 1 is 0.933 bits per heavy atom. The van der Waals surface area contributed by atoms with Gasteiger partial charge >= 0.3 is 0 Å². The number of amides is 1. The number of carbonyl (C=O) groups is 1. The van der Waals surface area contributed by atoms with E-state index in [4.69, 9.17) is 10.8 Å². The minimum atomic E-state index is -0.177. The zero-order valence-corrected chi connectivity index (χ0v) is 17.1. The van der Waals surface area contributed by atoms with Crippen LogP contribution in [-0.4, -0.2) is 15.7 Å². The minimum Gasteiger partial charge on any atom is -0.397 e. The number of rotatable bonds is 5. The zero-order chi connectivity index (χ0) is 21.1. The lowest BCUT2D eigenvalue weighted by Gasteiger charge is -2.09. The van der Waals surface area contributed by atoms with Gasteiger partial charge in [-0.1, -0.05) is 42.5 Å². The van der Waals surface area contributed by atoms with Crippen molar-refractivity contribution in [2.75, 3.05) is 11.1 Å². The topological polar surface area (TPSA) is 72.9 Å². The molecule has 3 aromatic carbocycles. The van der Waals surface area contributed by atoms with Gasteiger partial charge in [0.2, 0.25) is 0 Å². The van der Waals surface area contributed by atoms with E-state index >= 15 is 0 Å². The van der Waals surface area contributed by atoms with E-state index in [1.807, 2.05) is 66.2 Å². The lowest BCUT2D eigenvalue weighted by molar-refractivity contribution is 0.102. The second kappa shape index (κ2) is 8.25. The number of para-hydroxylation sites is 3. The third-order valence-electron chi connectivity index (χ3n) is 5.25. The van der Waals surface area contributed by atoms with Gasteiger partial charge in [-0.3, -0.25) is 4.79 Å². The maximum Gasteiger partial charge on any atom is 0.255 e. The van der Waals surface area contributed by atoms with E-state index in [0.29, 0.717) is 16.9 Å². The van der Waals surface area contributed by atoms with Crippen LogP contribution in [0.2, 0.25) is 0 Å². The summed E-state index contributed by atoms with van der Waals surface area (Å²) in [5.41, 5.74) is 13.2. The first-order valence-electron chi connectivity index (χ1n) is 9.88. The Labute approximate surface area is 176 Å². The molecule has 0 unspecified atom stereocenters. The fourth-order valence-electron chi connectivity index (χ4n) is 3.53. The number of anilines is 2. The normalized spacial score (nSPS) is 10.7. The molecule has 4 aromatic rings. The molecule has 0 aliphatic carbocycles. The molecule has 0 fully saturated rings. The van der Waals surface area contributed by atoms with Crippen molar-refractivity contribution in [3.63, 3.8) is 0 Å². The summed E-state index contributed by atoms with van der Waals surface area (Å²) in [5, 5.41) is 7.58. The molecule has 0 saturated heterocycles. The molecule has 0 atom stereocenters. The number of nitrogens with zero attached hydrogens (tertiary/aromatic N) is 2. The first-order valence-corrected chi connectivity index (χ1v) is 9.88. The number of carbonyl (C=O) groups excluding carboxylic acids is 1. The highest BCUT2D eigenvalue weighted by Gasteiger charge is 2.14. The van der Waals surface area contributed by atoms with Gasteiger partial charge in [-0.2, -0.15) is 5.10 Å². The van der Waals surface area contributed by atoms with Gasteiger partial charge in [-0.15, -0.1) is 0 Å². The van der Waals surface area contributed by atoms with E-state index in [1.165, 1.54) is 5.56 Å². The van der Waals surface area contributed by atoms with Gasteiger partial charge in [0.1, 0.15) is 0 Å². The van der Waals surface area contributed by atoms with Crippen LogP contribution in [-0.2, 0) is 6.42 Å². The summed E-state index contributed by atoms with van der Waals surface area (Å²) in [7, 11) is 0. The summed E-state index contributed by atoms with van der Waals surface area (Å²) in [6.45, 7) is 4.13. The molecule has 5 nitrogen and oxygen atoms in total. The van der Waals surface area contributed by atoms with Crippen molar-refractivity contribution in [2.45, 2.75) is 20.3 Å². The number of nitrogens with one attached hydrogen (secondary N) is 1. The molecule has 1 amide bonds. The Bertz CT molecular complexity index is 1180. The van der Waals surface area contributed by atoms with Crippen molar-refractivity contribution in [3.8, 4) is 5.69 Å². The highest BCUT2D eigenvalue weighted by molar-refractivity contribution is 6.05. The molecular formula is C25H24N4O. The molecule has 0 saturated carbocycles. The maximum absolute atomic E-state index is 12.5. The van der Waals surface area contributed by atoms with Crippen molar-refractivity contribution in [1.29, 1.82) is 0 Å². The molecule has 0 spiro atoms. The fraction of sp³-hybridized carbons (Fsp3) is 0.120. The molecule has 1 aromatic heterocycles. The molecule has 4 rings (SSSR count). The number of nitrogens with two attached hydrogens (primary N) is 1. The highest BCUT2D eigenvalue weighted by Crippen LogP contribution is 2.22. The van der Waals surface area contributed by atoms with Crippen LogP contribution in [0.15, 0.2) is 78.9 Å². The predicted molar refractivity (Wildman–Crippen MR) is 121 cm³/mol. The van der Waals surface area contributed by atoms with Gasteiger partial charge in [0.25, 0.3) is 5.91 Å². The second-order valence-electron chi connectivity index (χ2n) is 7.31. The van der Waals surface area contributed by atoms with Crippen LogP contribution < -0.4 is 11.1 Å². The zero-order valence-electron chi connectivity index (χ0n) is 17.1. The van der Waals surface area contributed by atoms with Gasteiger partial charge in [0.15, 0.2) is 0 Å². The van der Waals surface area contributed by atoms with E-state index in [0.717, 1.165) is 29.1 Å². The molecule has 0 bridgehead atoms. The lowest BCUT2D eigenvalue weighted by atomic mass is 10.0. The Morgan fingerprint density at radius 3 is 2.30 bits per heavy atom. The fourth-order valence-corrected chi connectivity index (χ4v) is 3.53. The standard InChI is InChI=1S/C25H24N4O/c1-17-22(18(2)29(28-17)21-8-4-3-5-9-21)16-19-12-14-20(15-13-19)25(30)27-24-11-7-6-10-23(24)26/h3-15H,16,26H2,1-2H3,(H,27,30). The number of hydrogen-bond acceptors (Lipinski definition) is 3. The average Bonchev–Trinajstić information content (AvgIpc) is 3.05. The van der Waals surface area contributed by atoms with Crippen LogP contribution in [0.5, 0.6) is 0 Å². The van der Waals surface area contributed by atoms with E-state index in [-0.39, 0.29) is 5.91 Å². The van der Waals surface area contributed by atoms with Crippen LogP contribution in [0, 0.1) is 13.8 Å². The van der Waals surface area contributed by atoms with Crippen molar-refractivity contribution in [1.82, 2.24) is 9.78 Å². The predicted octanol–water partition coefficient (Wildman–Crippen LogP) is 4.91. The Balaban J connectivity index is 1.51. The molecule has 5 heteroatoms. The first kappa shape index (κ1) is 19.5. The minimum absolute atomic E-state index is 0.177. The van der Waals surface area contributed by atoms with Crippen LogP contribution in [0.3, 0.4) is 0 Å². The van der Waals surface area contributed by atoms with E-state index < -0.39 is 0 Å². The second-order valence-corrected chi connectivity index (χ2v) is 7.31. The number of aromatic nitrogens is 2. The molecular weight excluding hydrogens is 372 g/mol. The van der Waals surface area contributed by atoms with Crippen molar-refractivity contribution >= 4 is 17.3 Å². The first-order chi connectivity index (χ1) is 14.5. The summed E-state index contributed by atoms with van der Waals surface area (Å²) in [5.74, 6) is -0.177. The van der Waals surface area contributed by atoms with Gasteiger partial charge in [-0.05, 0) is 55.8 Å². The van der Waals surface area contributed by atoms with Gasteiger partial charge in [-0.25, -0.2) is 4.68 Å². The number of aryl methyl sites for hydroxylation is 1. The molecule has 1 heterocycles. The number of benzene rings is 3. The quantitative estimate of drug-likeness (QED) is 0.471. The largest absolute Gasteiger partial charge is 0.397 e. The summed E-state index contributed by atoms with van der Waals surface area (Å²) >= 11 is 0. The Morgan fingerprint density at radius 2 is 1.60 bits per heavy atom. The lowest BCUT2D eigenvalue weighted by Crippen LogP contribution is -2.13. The summed E-state index contributed by atoms with van der Waals surface area (Å²) in [6.07, 6.45) is 0.762. The van der Waals surface area contributed by atoms with E-state index in [1.54, 1.807) is 12.1 Å². The van der Waals surface area contributed by atoms with Gasteiger partial charge < -0.3 is 11.1 Å². The van der Waals surface area contributed by atoms with Crippen molar-refractivity contribution < 1.29 is 4.79 Å². The van der Waals surface area contributed by atoms with Crippen LogP contribution in [0.25, 0.3) is 5.69 Å². The van der Waals surface area contributed by atoms with Crippen LogP contribution >= 0.6 is 0 Å². The average molecular weight is 396 g/mol.